The molecule has 2 N–H and O–H groups in total. The highest BCUT2D eigenvalue weighted by atomic mass is 16.7. The van der Waals surface area contributed by atoms with Crippen LogP contribution < -0.4 is 5.48 Å². The molecule has 1 atom stereocenters. The van der Waals surface area contributed by atoms with Crippen molar-refractivity contribution in [3.63, 3.8) is 0 Å². The Morgan fingerprint density at radius 3 is 2.67 bits per heavy atom. The van der Waals surface area contributed by atoms with Gasteiger partial charge in [0.2, 0.25) is 0 Å². The van der Waals surface area contributed by atoms with Gasteiger partial charge in [-0.05, 0) is 24.1 Å². The van der Waals surface area contributed by atoms with E-state index < -0.39 is 0 Å². The lowest BCUT2D eigenvalue weighted by Gasteiger charge is -2.07. The second-order valence-corrected chi connectivity index (χ2v) is 2.88. The molecule has 2 rings (SSSR count). The van der Waals surface area contributed by atoms with E-state index in [4.69, 9.17) is 9.94 Å². The molecule has 1 aliphatic heterocycles. The predicted octanol–water partition coefficient (Wildman–Crippen LogP) is 1.36. The molecule has 0 aliphatic carbocycles. The largest absolute Gasteiger partial charge is 0.508 e. The summed E-state index contributed by atoms with van der Waals surface area (Å²) in [5, 5.41) is 9.04. The molecule has 0 bridgehead atoms. The highest BCUT2D eigenvalue weighted by Gasteiger charge is 2.16. The first-order chi connectivity index (χ1) is 5.86. The van der Waals surface area contributed by atoms with Gasteiger partial charge in [-0.3, -0.25) is 4.84 Å². The van der Waals surface area contributed by atoms with E-state index in [9.17, 15) is 0 Å². The van der Waals surface area contributed by atoms with Crippen molar-refractivity contribution in [2.75, 3.05) is 6.54 Å². The summed E-state index contributed by atoms with van der Waals surface area (Å²) < 4.78 is 0. The quantitative estimate of drug-likeness (QED) is 0.660. The van der Waals surface area contributed by atoms with E-state index in [1.807, 2.05) is 12.1 Å². The number of benzene rings is 1. The van der Waals surface area contributed by atoms with Gasteiger partial charge in [-0.25, -0.2) is 5.48 Å². The summed E-state index contributed by atoms with van der Waals surface area (Å²) in [5.74, 6) is 0.296. The molecule has 1 heterocycles. The zero-order valence-electron chi connectivity index (χ0n) is 6.66. The first-order valence-corrected chi connectivity index (χ1v) is 4.04. The fraction of sp³-hybridized carbons (Fsp3) is 0.333. The Morgan fingerprint density at radius 1 is 1.33 bits per heavy atom. The summed E-state index contributed by atoms with van der Waals surface area (Å²) in [6, 6.07) is 7.12. The molecule has 3 nitrogen and oxygen atoms in total. The number of phenolic OH excluding ortho intramolecular Hbond substituents is 1. The maximum atomic E-state index is 9.04. The summed E-state index contributed by atoms with van der Waals surface area (Å²) in [5.41, 5.74) is 3.93. The van der Waals surface area contributed by atoms with Crippen LogP contribution in [0.25, 0.3) is 0 Å². The predicted molar refractivity (Wildman–Crippen MR) is 44.6 cm³/mol. The Bertz CT molecular complexity index is 252. The summed E-state index contributed by atoms with van der Waals surface area (Å²) in [7, 11) is 0. The zero-order valence-corrected chi connectivity index (χ0v) is 6.66. The van der Waals surface area contributed by atoms with Crippen molar-refractivity contribution < 1.29 is 9.94 Å². The molecule has 1 fully saturated rings. The van der Waals surface area contributed by atoms with Gasteiger partial charge in [0.05, 0.1) is 0 Å². The van der Waals surface area contributed by atoms with Crippen molar-refractivity contribution in [1.29, 1.82) is 0 Å². The fourth-order valence-electron chi connectivity index (χ4n) is 1.33. The van der Waals surface area contributed by atoms with Crippen LogP contribution in [0.15, 0.2) is 24.3 Å². The van der Waals surface area contributed by atoms with E-state index >= 15 is 0 Å². The number of phenols is 1. The van der Waals surface area contributed by atoms with Crippen LogP contribution in [-0.4, -0.2) is 11.7 Å². The second-order valence-electron chi connectivity index (χ2n) is 2.88. The molecule has 12 heavy (non-hydrogen) atoms. The molecule has 0 radical (unpaired) electrons. The maximum absolute atomic E-state index is 9.04. The minimum absolute atomic E-state index is 0.144. The highest BCUT2D eigenvalue weighted by Crippen LogP contribution is 2.24. The smallest absolute Gasteiger partial charge is 0.115 e. The number of hydrogen-bond acceptors (Lipinski definition) is 3. The van der Waals surface area contributed by atoms with E-state index in [2.05, 4.69) is 5.48 Å². The second kappa shape index (κ2) is 3.13. The van der Waals surface area contributed by atoms with Crippen LogP contribution in [-0.2, 0) is 4.84 Å². The summed E-state index contributed by atoms with van der Waals surface area (Å²) >= 11 is 0. The van der Waals surface area contributed by atoms with Gasteiger partial charge in [0.1, 0.15) is 11.9 Å². The van der Waals surface area contributed by atoms with Crippen LogP contribution in [0.4, 0.5) is 0 Å². The first-order valence-electron chi connectivity index (χ1n) is 4.04. The highest BCUT2D eigenvalue weighted by molar-refractivity contribution is 5.27. The van der Waals surface area contributed by atoms with Crippen molar-refractivity contribution in [2.45, 2.75) is 12.5 Å². The molecule has 0 saturated carbocycles. The Hall–Kier alpha value is -1.06. The molecule has 1 aromatic rings. The van der Waals surface area contributed by atoms with Crippen molar-refractivity contribution in [3.05, 3.63) is 29.8 Å². The van der Waals surface area contributed by atoms with E-state index in [0.29, 0.717) is 5.75 Å². The Morgan fingerprint density at radius 2 is 2.08 bits per heavy atom. The fourth-order valence-corrected chi connectivity index (χ4v) is 1.33. The van der Waals surface area contributed by atoms with Crippen LogP contribution in [0.3, 0.4) is 0 Å². The molecule has 0 amide bonds. The van der Waals surface area contributed by atoms with Gasteiger partial charge in [0, 0.05) is 6.54 Å². The summed E-state index contributed by atoms with van der Waals surface area (Å²) in [4.78, 5) is 5.25. The van der Waals surface area contributed by atoms with Crippen molar-refractivity contribution in [3.8, 4) is 5.75 Å². The van der Waals surface area contributed by atoms with E-state index in [0.717, 1.165) is 18.5 Å². The van der Waals surface area contributed by atoms with Gasteiger partial charge in [-0.2, -0.15) is 0 Å². The van der Waals surface area contributed by atoms with Gasteiger partial charge in [0.25, 0.3) is 0 Å². The monoisotopic (exact) mass is 165 g/mol. The molecular formula is C9H11NO2. The van der Waals surface area contributed by atoms with Gasteiger partial charge >= 0.3 is 0 Å². The van der Waals surface area contributed by atoms with Gasteiger partial charge in [0.15, 0.2) is 0 Å². The average molecular weight is 165 g/mol. The molecule has 1 aromatic carbocycles. The lowest BCUT2D eigenvalue weighted by molar-refractivity contribution is 0.0336. The SMILES string of the molecule is Oc1ccc(C2CCNO2)cc1. The van der Waals surface area contributed by atoms with E-state index in [-0.39, 0.29) is 6.10 Å². The summed E-state index contributed by atoms with van der Waals surface area (Å²) in [6.45, 7) is 0.894. The Labute approximate surface area is 70.9 Å². The number of rotatable bonds is 1. The molecule has 1 unspecified atom stereocenters. The van der Waals surface area contributed by atoms with Crippen LogP contribution in [0, 0.1) is 0 Å². The molecule has 64 valence electrons. The number of nitrogens with one attached hydrogen (secondary N) is 1. The lowest BCUT2D eigenvalue weighted by atomic mass is 10.1. The number of hydrogen-bond donors (Lipinski definition) is 2. The van der Waals surface area contributed by atoms with Crippen molar-refractivity contribution in [1.82, 2.24) is 5.48 Å². The molecule has 3 heteroatoms. The minimum atomic E-state index is 0.144. The molecule has 0 spiro atoms. The Balaban J connectivity index is 2.17. The molecular weight excluding hydrogens is 154 g/mol. The van der Waals surface area contributed by atoms with Crippen LogP contribution in [0.1, 0.15) is 18.1 Å². The van der Waals surface area contributed by atoms with Crippen LogP contribution in [0.2, 0.25) is 0 Å². The standard InChI is InChI=1S/C9H11NO2/c11-8-3-1-7(2-4-8)9-5-6-10-12-9/h1-4,9-11H,5-6H2. The zero-order chi connectivity index (χ0) is 8.39. The third kappa shape index (κ3) is 1.42. The number of hydroxylamine groups is 1. The van der Waals surface area contributed by atoms with Gasteiger partial charge in [-0.1, -0.05) is 12.1 Å². The normalized spacial score (nSPS) is 22.8. The average Bonchev–Trinajstić information content (AvgIpc) is 2.58. The van der Waals surface area contributed by atoms with Crippen molar-refractivity contribution >= 4 is 0 Å². The molecule has 0 aromatic heterocycles. The van der Waals surface area contributed by atoms with E-state index in [1.54, 1.807) is 12.1 Å². The molecule has 1 saturated heterocycles. The topological polar surface area (TPSA) is 41.5 Å². The summed E-state index contributed by atoms with van der Waals surface area (Å²) in [6.07, 6.45) is 1.13. The van der Waals surface area contributed by atoms with Crippen LogP contribution >= 0.6 is 0 Å². The lowest BCUT2D eigenvalue weighted by Crippen LogP contribution is -2.04. The molecule has 1 aliphatic rings. The first kappa shape index (κ1) is 7.58. The van der Waals surface area contributed by atoms with Gasteiger partial charge < -0.3 is 5.11 Å². The van der Waals surface area contributed by atoms with Crippen molar-refractivity contribution in [2.24, 2.45) is 0 Å². The third-order valence-corrected chi connectivity index (χ3v) is 2.00. The maximum Gasteiger partial charge on any atom is 0.115 e. The minimum Gasteiger partial charge on any atom is -0.508 e. The Kier molecular flexibility index (Phi) is 1.98. The number of aromatic hydroxyl groups is 1. The van der Waals surface area contributed by atoms with Gasteiger partial charge in [-0.15, -0.1) is 0 Å². The third-order valence-electron chi connectivity index (χ3n) is 2.00. The van der Waals surface area contributed by atoms with E-state index in [1.165, 1.54) is 0 Å². The van der Waals surface area contributed by atoms with Crippen LogP contribution in [0.5, 0.6) is 5.75 Å².